The molecule has 0 saturated heterocycles. The Balaban J connectivity index is 2.21. The molecule has 2 aromatic rings. The van der Waals surface area contributed by atoms with Crippen molar-refractivity contribution in [1.82, 2.24) is 4.98 Å². The highest BCUT2D eigenvalue weighted by Gasteiger charge is 2.09. The first kappa shape index (κ1) is 13.3. The molecular formula is C13H10ClIN2O. The number of carbonyl (C=O) groups excluding carboxylic acids is 1. The molecule has 0 aliphatic heterocycles. The molecule has 0 saturated carbocycles. The van der Waals surface area contributed by atoms with Gasteiger partial charge in [0.2, 0.25) is 0 Å². The lowest BCUT2D eigenvalue weighted by Crippen LogP contribution is -2.14. The summed E-state index contributed by atoms with van der Waals surface area (Å²) >= 11 is 7.96. The molecule has 0 spiro atoms. The van der Waals surface area contributed by atoms with E-state index >= 15 is 0 Å². The van der Waals surface area contributed by atoms with Crippen LogP contribution in [-0.2, 0) is 0 Å². The molecule has 1 amide bonds. The van der Waals surface area contributed by atoms with Gasteiger partial charge in [-0.2, -0.15) is 0 Å². The van der Waals surface area contributed by atoms with Gasteiger partial charge in [0.25, 0.3) is 5.91 Å². The number of benzene rings is 1. The third kappa shape index (κ3) is 3.00. The maximum absolute atomic E-state index is 12.0. The van der Waals surface area contributed by atoms with Crippen LogP contribution in [0.5, 0.6) is 0 Å². The first-order chi connectivity index (χ1) is 8.58. The second-order valence-electron chi connectivity index (χ2n) is 3.73. The monoisotopic (exact) mass is 372 g/mol. The van der Waals surface area contributed by atoms with Gasteiger partial charge in [0.1, 0.15) is 5.69 Å². The summed E-state index contributed by atoms with van der Waals surface area (Å²) in [5, 5.41) is 3.35. The molecule has 3 nitrogen and oxygen atoms in total. The van der Waals surface area contributed by atoms with Gasteiger partial charge in [0, 0.05) is 15.5 Å². The molecule has 5 heteroatoms. The normalized spacial score (nSPS) is 10.2. The summed E-state index contributed by atoms with van der Waals surface area (Å²) in [5.41, 5.74) is 2.18. The molecule has 0 aliphatic rings. The van der Waals surface area contributed by atoms with Crippen molar-refractivity contribution in [2.24, 2.45) is 0 Å². The van der Waals surface area contributed by atoms with E-state index in [0.29, 0.717) is 10.7 Å². The fourth-order valence-corrected chi connectivity index (χ4v) is 2.05. The third-order valence-corrected chi connectivity index (χ3v) is 3.87. The molecule has 1 N–H and O–H groups in total. The number of carbonyl (C=O) groups is 1. The zero-order chi connectivity index (χ0) is 13.1. The molecular weight excluding hydrogens is 363 g/mol. The lowest BCUT2D eigenvalue weighted by Gasteiger charge is -2.09. The van der Waals surface area contributed by atoms with Crippen LogP contribution in [-0.4, -0.2) is 10.9 Å². The lowest BCUT2D eigenvalue weighted by molar-refractivity contribution is 0.102. The van der Waals surface area contributed by atoms with E-state index < -0.39 is 0 Å². The second-order valence-corrected chi connectivity index (χ2v) is 5.33. The highest BCUT2D eigenvalue weighted by atomic mass is 127. The van der Waals surface area contributed by atoms with E-state index in [4.69, 9.17) is 11.6 Å². The van der Waals surface area contributed by atoms with Crippen molar-refractivity contribution in [3.8, 4) is 0 Å². The van der Waals surface area contributed by atoms with Crippen LogP contribution in [0.4, 0.5) is 5.69 Å². The average molecular weight is 373 g/mol. The van der Waals surface area contributed by atoms with Crippen molar-refractivity contribution in [3.05, 3.63) is 56.4 Å². The first-order valence-corrected chi connectivity index (χ1v) is 6.71. The van der Waals surface area contributed by atoms with Crippen molar-refractivity contribution in [1.29, 1.82) is 0 Å². The predicted molar refractivity (Wildman–Crippen MR) is 81.1 cm³/mol. The number of hydrogen-bond acceptors (Lipinski definition) is 2. The highest BCUT2D eigenvalue weighted by molar-refractivity contribution is 14.1. The van der Waals surface area contributed by atoms with Gasteiger partial charge in [0.15, 0.2) is 0 Å². The smallest absolute Gasteiger partial charge is 0.274 e. The molecule has 0 bridgehead atoms. The van der Waals surface area contributed by atoms with E-state index in [2.05, 4.69) is 32.9 Å². The number of amides is 1. The van der Waals surface area contributed by atoms with Crippen LogP contribution in [0.25, 0.3) is 0 Å². The molecule has 0 atom stereocenters. The molecule has 92 valence electrons. The maximum Gasteiger partial charge on any atom is 0.274 e. The Morgan fingerprint density at radius 1 is 1.33 bits per heavy atom. The van der Waals surface area contributed by atoms with Crippen molar-refractivity contribution in [2.75, 3.05) is 5.32 Å². The zero-order valence-corrected chi connectivity index (χ0v) is 12.5. The van der Waals surface area contributed by atoms with Crippen LogP contribution >= 0.6 is 34.2 Å². The van der Waals surface area contributed by atoms with Gasteiger partial charge in [-0.3, -0.25) is 4.79 Å². The minimum atomic E-state index is -0.239. The number of nitrogens with zero attached hydrogens (tertiary/aromatic N) is 1. The largest absolute Gasteiger partial charge is 0.320 e. The fraction of sp³-hybridized carbons (Fsp3) is 0.0769. The molecule has 1 heterocycles. The molecule has 0 aliphatic carbocycles. The number of halogens is 2. The van der Waals surface area contributed by atoms with Crippen LogP contribution in [0.3, 0.4) is 0 Å². The van der Waals surface area contributed by atoms with Gasteiger partial charge < -0.3 is 5.32 Å². The maximum atomic E-state index is 12.0. The molecule has 0 radical (unpaired) electrons. The SMILES string of the molecule is Cc1c(I)cccc1NC(=O)c1ccc(Cl)cn1. The Morgan fingerprint density at radius 3 is 2.78 bits per heavy atom. The number of pyridine rings is 1. The van der Waals surface area contributed by atoms with Crippen molar-refractivity contribution < 1.29 is 4.79 Å². The summed E-state index contributed by atoms with van der Waals surface area (Å²) in [7, 11) is 0. The van der Waals surface area contributed by atoms with Crippen LogP contribution in [0.15, 0.2) is 36.5 Å². The summed E-state index contributed by atoms with van der Waals surface area (Å²) in [6.07, 6.45) is 1.46. The molecule has 2 rings (SSSR count). The second kappa shape index (κ2) is 5.67. The zero-order valence-electron chi connectivity index (χ0n) is 9.58. The molecule has 1 aromatic heterocycles. The number of anilines is 1. The van der Waals surface area contributed by atoms with Crippen molar-refractivity contribution in [3.63, 3.8) is 0 Å². The van der Waals surface area contributed by atoms with Crippen LogP contribution in [0.2, 0.25) is 5.02 Å². The van der Waals surface area contributed by atoms with Gasteiger partial charge in [-0.25, -0.2) is 4.98 Å². The van der Waals surface area contributed by atoms with Gasteiger partial charge in [-0.05, 0) is 59.3 Å². The summed E-state index contributed by atoms with van der Waals surface area (Å²) in [6, 6.07) is 9.00. The van der Waals surface area contributed by atoms with Gasteiger partial charge in [-0.1, -0.05) is 17.7 Å². The number of rotatable bonds is 2. The highest BCUT2D eigenvalue weighted by Crippen LogP contribution is 2.20. The molecule has 1 aromatic carbocycles. The lowest BCUT2D eigenvalue weighted by atomic mass is 10.2. The summed E-state index contributed by atoms with van der Waals surface area (Å²) in [4.78, 5) is 16.0. The van der Waals surface area contributed by atoms with Gasteiger partial charge >= 0.3 is 0 Å². The molecule has 0 fully saturated rings. The Bertz CT molecular complexity index is 584. The van der Waals surface area contributed by atoms with E-state index in [1.165, 1.54) is 6.20 Å². The Kier molecular flexibility index (Phi) is 4.19. The van der Waals surface area contributed by atoms with Gasteiger partial charge in [-0.15, -0.1) is 0 Å². The van der Waals surface area contributed by atoms with E-state index in [1.807, 2.05) is 25.1 Å². The fourth-order valence-electron chi connectivity index (χ4n) is 1.44. The van der Waals surface area contributed by atoms with Crippen molar-refractivity contribution >= 4 is 45.8 Å². The molecule has 0 unspecified atom stereocenters. The van der Waals surface area contributed by atoms with E-state index in [-0.39, 0.29) is 5.91 Å². The minimum absolute atomic E-state index is 0.239. The standard InChI is InChI=1S/C13H10ClIN2O/c1-8-10(15)3-2-4-11(8)17-13(18)12-6-5-9(14)7-16-12/h2-7H,1H3,(H,17,18). The Morgan fingerprint density at radius 2 is 2.11 bits per heavy atom. The van der Waals surface area contributed by atoms with Crippen LogP contribution in [0.1, 0.15) is 16.1 Å². The summed E-state index contributed by atoms with van der Waals surface area (Å²) in [5.74, 6) is -0.239. The Labute approximate surface area is 124 Å². The molecule has 18 heavy (non-hydrogen) atoms. The van der Waals surface area contributed by atoms with Crippen LogP contribution < -0.4 is 5.32 Å². The third-order valence-electron chi connectivity index (χ3n) is 2.48. The number of nitrogens with one attached hydrogen (secondary N) is 1. The number of hydrogen-bond donors (Lipinski definition) is 1. The van der Waals surface area contributed by atoms with E-state index in [1.54, 1.807) is 12.1 Å². The summed E-state index contributed by atoms with van der Waals surface area (Å²) < 4.78 is 1.11. The number of aromatic nitrogens is 1. The minimum Gasteiger partial charge on any atom is -0.320 e. The van der Waals surface area contributed by atoms with E-state index in [0.717, 1.165) is 14.8 Å². The first-order valence-electron chi connectivity index (χ1n) is 5.26. The van der Waals surface area contributed by atoms with E-state index in [9.17, 15) is 4.79 Å². The van der Waals surface area contributed by atoms with Crippen LogP contribution in [0, 0.1) is 10.5 Å². The predicted octanol–water partition coefficient (Wildman–Crippen LogP) is 3.90. The average Bonchev–Trinajstić information content (AvgIpc) is 2.36. The topological polar surface area (TPSA) is 42.0 Å². The quantitative estimate of drug-likeness (QED) is 0.813. The summed E-state index contributed by atoms with van der Waals surface area (Å²) in [6.45, 7) is 1.96. The van der Waals surface area contributed by atoms with Gasteiger partial charge in [0.05, 0.1) is 5.02 Å². The Hall–Kier alpha value is -1.14. The van der Waals surface area contributed by atoms with Crippen molar-refractivity contribution in [2.45, 2.75) is 6.92 Å².